The molecule has 2 unspecified atom stereocenters. The highest BCUT2D eigenvalue weighted by atomic mass is 16.4. The Morgan fingerprint density at radius 3 is 2.33 bits per heavy atom. The fourth-order valence-corrected chi connectivity index (χ4v) is 1.95. The first-order valence-corrected chi connectivity index (χ1v) is 3.82. The first-order valence-electron chi connectivity index (χ1n) is 3.82. The van der Waals surface area contributed by atoms with Gasteiger partial charge in [0.15, 0.2) is 0 Å². The van der Waals surface area contributed by atoms with Gasteiger partial charge in [-0.15, -0.1) is 0 Å². The first-order chi connectivity index (χ1) is 5.61. The highest BCUT2D eigenvalue weighted by Crippen LogP contribution is 2.40. The van der Waals surface area contributed by atoms with Gasteiger partial charge in [-0.25, -0.2) is 0 Å². The van der Waals surface area contributed by atoms with E-state index in [1.54, 1.807) is 4.90 Å². The summed E-state index contributed by atoms with van der Waals surface area (Å²) in [4.78, 5) is 23.0. The predicted molar refractivity (Wildman–Crippen MR) is 37.7 cm³/mol. The standard InChI is InChI=1S/C7H9NO4/c9-6(10)4-1-3-2-8(3)5(4)7(11)12/h3-5H,1-2H2,(H,9,10)(H,11,12)/t3-,4+,5?,8?/m1/s1. The van der Waals surface area contributed by atoms with Crippen molar-refractivity contribution in [2.45, 2.75) is 18.5 Å². The Kier molecular flexibility index (Phi) is 1.38. The van der Waals surface area contributed by atoms with Crippen LogP contribution in [0.4, 0.5) is 0 Å². The van der Waals surface area contributed by atoms with Crippen LogP contribution in [-0.2, 0) is 9.59 Å². The Balaban J connectivity index is 2.16. The van der Waals surface area contributed by atoms with E-state index in [-0.39, 0.29) is 6.04 Å². The Morgan fingerprint density at radius 2 is 1.92 bits per heavy atom. The normalized spacial score (nSPS) is 43.7. The summed E-state index contributed by atoms with van der Waals surface area (Å²) in [7, 11) is 0. The van der Waals surface area contributed by atoms with E-state index in [0.29, 0.717) is 6.42 Å². The van der Waals surface area contributed by atoms with Crippen LogP contribution < -0.4 is 0 Å². The van der Waals surface area contributed by atoms with Crippen molar-refractivity contribution in [3.05, 3.63) is 0 Å². The molecule has 2 fully saturated rings. The molecule has 0 amide bonds. The molecule has 0 spiro atoms. The molecule has 2 saturated heterocycles. The summed E-state index contributed by atoms with van der Waals surface area (Å²) in [6, 6.07) is -0.570. The number of hydrogen-bond donors (Lipinski definition) is 2. The topological polar surface area (TPSA) is 77.6 Å². The molecule has 66 valence electrons. The molecule has 2 heterocycles. The van der Waals surface area contributed by atoms with Crippen LogP contribution in [0.15, 0.2) is 0 Å². The highest BCUT2D eigenvalue weighted by molar-refractivity contribution is 5.84. The lowest BCUT2D eigenvalue weighted by atomic mass is 9.98. The number of piperidine rings is 1. The summed E-state index contributed by atoms with van der Waals surface area (Å²) in [6.07, 6.45) is 0.492. The van der Waals surface area contributed by atoms with E-state index in [0.717, 1.165) is 6.54 Å². The van der Waals surface area contributed by atoms with E-state index in [4.69, 9.17) is 10.2 Å². The van der Waals surface area contributed by atoms with Crippen LogP contribution in [0.5, 0.6) is 0 Å². The van der Waals surface area contributed by atoms with Crippen molar-refractivity contribution >= 4 is 11.9 Å². The quantitative estimate of drug-likeness (QED) is 0.533. The average molecular weight is 171 g/mol. The lowest BCUT2D eigenvalue weighted by Crippen LogP contribution is -2.36. The molecule has 4 atom stereocenters. The molecule has 0 aromatic rings. The third-order valence-corrected chi connectivity index (χ3v) is 2.59. The van der Waals surface area contributed by atoms with Gasteiger partial charge in [-0.05, 0) is 6.42 Å². The van der Waals surface area contributed by atoms with E-state index in [1.165, 1.54) is 0 Å². The number of nitrogens with zero attached hydrogens (tertiary/aromatic N) is 1. The van der Waals surface area contributed by atoms with E-state index in [9.17, 15) is 9.59 Å². The zero-order valence-electron chi connectivity index (χ0n) is 6.30. The van der Waals surface area contributed by atoms with Gasteiger partial charge in [0.1, 0.15) is 6.04 Å². The van der Waals surface area contributed by atoms with Crippen molar-refractivity contribution in [3.8, 4) is 0 Å². The van der Waals surface area contributed by atoms with Crippen LogP contribution in [0.25, 0.3) is 0 Å². The van der Waals surface area contributed by atoms with Gasteiger partial charge in [-0.2, -0.15) is 0 Å². The molecule has 0 saturated carbocycles. The monoisotopic (exact) mass is 171 g/mol. The molecule has 2 N–H and O–H groups in total. The van der Waals surface area contributed by atoms with E-state index < -0.39 is 23.9 Å². The Hall–Kier alpha value is -1.10. The van der Waals surface area contributed by atoms with Gasteiger partial charge in [0, 0.05) is 12.6 Å². The minimum atomic E-state index is -1.01. The second kappa shape index (κ2) is 2.20. The first kappa shape index (κ1) is 7.54. The molecule has 5 heteroatoms. The van der Waals surface area contributed by atoms with Crippen LogP contribution in [0.3, 0.4) is 0 Å². The van der Waals surface area contributed by atoms with E-state index in [1.807, 2.05) is 0 Å². The van der Waals surface area contributed by atoms with Crippen molar-refractivity contribution in [2.24, 2.45) is 5.92 Å². The molecule has 0 aromatic carbocycles. The lowest BCUT2D eigenvalue weighted by Gasteiger charge is -2.13. The molecule has 2 rings (SSSR count). The zero-order valence-corrected chi connectivity index (χ0v) is 6.30. The summed E-state index contributed by atoms with van der Waals surface area (Å²) in [5.41, 5.74) is 0. The Bertz CT molecular complexity index is 252. The maximum Gasteiger partial charge on any atom is 0.321 e. The molecule has 5 nitrogen and oxygen atoms in total. The van der Waals surface area contributed by atoms with Crippen LogP contribution >= 0.6 is 0 Å². The third-order valence-electron chi connectivity index (χ3n) is 2.59. The van der Waals surface area contributed by atoms with Gasteiger partial charge in [-0.1, -0.05) is 0 Å². The van der Waals surface area contributed by atoms with Gasteiger partial charge in [0.25, 0.3) is 0 Å². The van der Waals surface area contributed by atoms with Crippen molar-refractivity contribution in [1.82, 2.24) is 4.90 Å². The summed E-state index contributed by atoms with van der Waals surface area (Å²) in [5, 5.41) is 17.4. The average Bonchev–Trinajstić information content (AvgIpc) is 2.60. The largest absolute Gasteiger partial charge is 0.481 e. The Labute approximate surface area is 68.6 Å². The van der Waals surface area contributed by atoms with Gasteiger partial charge in [0.05, 0.1) is 5.92 Å². The van der Waals surface area contributed by atoms with Gasteiger partial charge in [-0.3, -0.25) is 14.5 Å². The van der Waals surface area contributed by atoms with E-state index in [2.05, 4.69) is 0 Å². The third kappa shape index (κ3) is 0.896. The molecular formula is C7H9NO4. The van der Waals surface area contributed by atoms with Gasteiger partial charge in [0.2, 0.25) is 0 Å². The highest BCUT2D eigenvalue weighted by Gasteiger charge is 2.56. The molecule has 0 radical (unpaired) electrons. The molecule has 0 aliphatic carbocycles. The fraction of sp³-hybridized carbons (Fsp3) is 0.714. The van der Waals surface area contributed by atoms with E-state index >= 15 is 0 Å². The molecule has 2 aliphatic rings. The second-order valence-corrected chi connectivity index (χ2v) is 3.31. The minimum absolute atomic E-state index is 0.215. The summed E-state index contributed by atoms with van der Waals surface area (Å²) >= 11 is 0. The maximum atomic E-state index is 10.6. The number of rotatable bonds is 2. The fourth-order valence-electron chi connectivity index (χ4n) is 1.95. The number of aliphatic carboxylic acids is 2. The number of carboxylic acids is 2. The number of fused-ring (bicyclic) bond motifs is 1. The number of carboxylic acid groups (broad SMARTS) is 2. The molecular weight excluding hydrogens is 162 g/mol. The molecule has 0 aromatic heterocycles. The van der Waals surface area contributed by atoms with Crippen molar-refractivity contribution in [3.63, 3.8) is 0 Å². The van der Waals surface area contributed by atoms with Crippen molar-refractivity contribution in [1.29, 1.82) is 0 Å². The van der Waals surface area contributed by atoms with Crippen molar-refractivity contribution in [2.75, 3.05) is 6.54 Å². The number of carbonyl (C=O) groups is 2. The molecule has 0 bridgehead atoms. The summed E-state index contributed by atoms with van der Waals surface area (Å²) < 4.78 is 0. The smallest absolute Gasteiger partial charge is 0.321 e. The molecule has 2 aliphatic heterocycles. The minimum Gasteiger partial charge on any atom is -0.481 e. The van der Waals surface area contributed by atoms with Crippen LogP contribution in [0.1, 0.15) is 6.42 Å². The van der Waals surface area contributed by atoms with Crippen LogP contribution in [0, 0.1) is 5.92 Å². The summed E-state index contributed by atoms with van der Waals surface area (Å²) in [6.45, 7) is 0.751. The van der Waals surface area contributed by atoms with Gasteiger partial charge < -0.3 is 10.2 Å². The lowest BCUT2D eigenvalue weighted by molar-refractivity contribution is -0.151. The number of hydrogen-bond acceptors (Lipinski definition) is 3. The maximum absolute atomic E-state index is 10.6. The van der Waals surface area contributed by atoms with Crippen LogP contribution in [-0.4, -0.2) is 45.7 Å². The zero-order chi connectivity index (χ0) is 8.88. The Morgan fingerprint density at radius 1 is 1.25 bits per heavy atom. The second-order valence-electron chi connectivity index (χ2n) is 3.31. The van der Waals surface area contributed by atoms with Crippen molar-refractivity contribution < 1.29 is 19.8 Å². The van der Waals surface area contributed by atoms with Gasteiger partial charge >= 0.3 is 11.9 Å². The predicted octanol–water partition coefficient (Wildman–Crippen LogP) is -0.772. The summed E-state index contributed by atoms with van der Waals surface area (Å²) in [5.74, 6) is -2.71. The van der Waals surface area contributed by atoms with Crippen LogP contribution in [0.2, 0.25) is 0 Å². The molecule has 12 heavy (non-hydrogen) atoms. The SMILES string of the molecule is O=C(O)C1[C@@H](C(=O)O)C[C@@H]2CN12.